The Hall–Kier alpha value is -2.08. The average Bonchev–Trinajstić information content (AvgIpc) is 2.92. The first kappa shape index (κ1) is 19.2. The molecule has 2 amide bonds. The second-order valence-corrected chi connectivity index (χ2v) is 7.04. The predicted molar refractivity (Wildman–Crippen MR) is 94.1 cm³/mol. The van der Waals surface area contributed by atoms with Gasteiger partial charge in [0, 0.05) is 43.4 Å². The maximum Gasteiger partial charge on any atom is 0.303 e. The zero-order valence-corrected chi connectivity index (χ0v) is 15.0. The molecule has 0 spiro atoms. The van der Waals surface area contributed by atoms with E-state index < -0.39 is 11.5 Å². The molecule has 25 heavy (non-hydrogen) atoms. The van der Waals surface area contributed by atoms with Crippen molar-refractivity contribution in [1.82, 2.24) is 10.2 Å². The van der Waals surface area contributed by atoms with E-state index in [2.05, 4.69) is 5.32 Å². The van der Waals surface area contributed by atoms with Crippen LogP contribution in [0.2, 0.25) is 5.02 Å². The molecule has 1 atom stereocenters. The number of hydrogen-bond acceptors (Lipinski definition) is 3. The molecule has 1 fully saturated rings. The molecule has 0 radical (unpaired) electrons. The maximum atomic E-state index is 12.4. The van der Waals surface area contributed by atoms with E-state index in [1.807, 2.05) is 18.2 Å². The van der Waals surface area contributed by atoms with Crippen molar-refractivity contribution in [2.45, 2.75) is 50.6 Å². The molecule has 136 valence electrons. The van der Waals surface area contributed by atoms with Crippen molar-refractivity contribution in [2.24, 2.45) is 0 Å². The minimum atomic E-state index is -0.898. The summed E-state index contributed by atoms with van der Waals surface area (Å²) in [5.41, 5.74) is 0.361. The van der Waals surface area contributed by atoms with Gasteiger partial charge in [-0.25, -0.2) is 0 Å². The lowest BCUT2D eigenvalue weighted by molar-refractivity contribution is -0.137. The number of hydrogen-bond donors (Lipinski definition) is 2. The van der Waals surface area contributed by atoms with Crippen LogP contribution in [0.4, 0.5) is 0 Å². The number of carboxylic acid groups (broad SMARTS) is 1. The standard InChI is InChI=1S/C18H23ClN2O4/c1-21(12-13-3-2-4-14(19)11-13)16(23)6-9-18(10-7-17(24)25)8-5-15(22)20-18/h2-4,11H,5-10,12H2,1H3,(H,20,22)(H,24,25)/t18-/m0/s1. The molecule has 2 N–H and O–H groups in total. The molecule has 1 aliphatic heterocycles. The fraction of sp³-hybridized carbons (Fsp3) is 0.500. The molecule has 0 aromatic heterocycles. The van der Waals surface area contributed by atoms with Crippen molar-refractivity contribution in [3.63, 3.8) is 0 Å². The average molecular weight is 367 g/mol. The van der Waals surface area contributed by atoms with Crippen molar-refractivity contribution in [3.8, 4) is 0 Å². The lowest BCUT2D eigenvalue weighted by Crippen LogP contribution is -2.43. The fourth-order valence-electron chi connectivity index (χ4n) is 3.15. The van der Waals surface area contributed by atoms with Crippen LogP contribution in [0.1, 0.15) is 44.1 Å². The Kier molecular flexibility index (Phi) is 6.42. The van der Waals surface area contributed by atoms with Gasteiger partial charge in [-0.2, -0.15) is 0 Å². The lowest BCUT2D eigenvalue weighted by atomic mass is 9.86. The number of carboxylic acids is 1. The highest BCUT2D eigenvalue weighted by Gasteiger charge is 2.38. The first-order chi connectivity index (χ1) is 11.8. The summed E-state index contributed by atoms with van der Waals surface area (Å²) in [6.07, 6.45) is 1.99. The van der Waals surface area contributed by atoms with Crippen LogP contribution in [-0.4, -0.2) is 40.4 Å². The van der Waals surface area contributed by atoms with Crippen molar-refractivity contribution in [3.05, 3.63) is 34.9 Å². The SMILES string of the molecule is CN(Cc1cccc(Cl)c1)C(=O)CC[C@]1(CCC(=O)O)CCC(=O)N1. The van der Waals surface area contributed by atoms with Gasteiger partial charge in [0.15, 0.2) is 0 Å². The summed E-state index contributed by atoms with van der Waals surface area (Å²) in [6, 6.07) is 7.34. The third-order valence-corrected chi connectivity index (χ3v) is 4.84. The third-order valence-electron chi connectivity index (χ3n) is 4.60. The van der Waals surface area contributed by atoms with E-state index in [1.165, 1.54) is 0 Å². The van der Waals surface area contributed by atoms with Gasteiger partial charge in [-0.15, -0.1) is 0 Å². The van der Waals surface area contributed by atoms with Crippen LogP contribution in [0.25, 0.3) is 0 Å². The zero-order chi connectivity index (χ0) is 18.4. The summed E-state index contributed by atoms with van der Waals surface area (Å²) >= 11 is 5.96. The molecule has 0 saturated carbocycles. The van der Waals surface area contributed by atoms with Gasteiger partial charge in [0.1, 0.15) is 0 Å². The van der Waals surface area contributed by atoms with Crippen molar-refractivity contribution in [2.75, 3.05) is 7.05 Å². The highest BCUT2D eigenvalue weighted by atomic mass is 35.5. The molecule has 0 aliphatic carbocycles. The van der Waals surface area contributed by atoms with Crippen LogP contribution in [0.15, 0.2) is 24.3 Å². The van der Waals surface area contributed by atoms with Gasteiger partial charge in [0.2, 0.25) is 11.8 Å². The van der Waals surface area contributed by atoms with Crippen LogP contribution >= 0.6 is 11.6 Å². The number of amides is 2. The minimum absolute atomic E-state index is 0.0210. The third kappa shape index (κ3) is 5.74. The van der Waals surface area contributed by atoms with Gasteiger partial charge in [-0.3, -0.25) is 14.4 Å². The molecule has 1 aliphatic rings. The number of carbonyl (C=O) groups is 3. The molecule has 2 rings (SSSR count). The topological polar surface area (TPSA) is 86.7 Å². The summed E-state index contributed by atoms with van der Waals surface area (Å²) in [4.78, 5) is 36.5. The number of nitrogens with one attached hydrogen (secondary N) is 1. The summed E-state index contributed by atoms with van der Waals surface area (Å²) in [6.45, 7) is 0.452. The fourth-order valence-corrected chi connectivity index (χ4v) is 3.37. The molecule has 0 bridgehead atoms. The van der Waals surface area contributed by atoms with E-state index in [1.54, 1.807) is 18.0 Å². The summed E-state index contributed by atoms with van der Waals surface area (Å²) < 4.78 is 0. The Morgan fingerprint density at radius 3 is 2.64 bits per heavy atom. The van der Waals surface area contributed by atoms with Crippen LogP contribution < -0.4 is 5.32 Å². The molecular weight excluding hydrogens is 344 g/mol. The van der Waals surface area contributed by atoms with Crippen LogP contribution in [0.3, 0.4) is 0 Å². The Morgan fingerprint density at radius 2 is 2.04 bits per heavy atom. The molecular formula is C18H23ClN2O4. The van der Waals surface area contributed by atoms with Gasteiger partial charge in [0.05, 0.1) is 0 Å². The Labute approximate surface area is 152 Å². The van der Waals surface area contributed by atoms with E-state index in [0.717, 1.165) is 5.56 Å². The number of aliphatic carboxylic acids is 1. The van der Waals surface area contributed by atoms with E-state index in [-0.39, 0.29) is 24.7 Å². The summed E-state index contributed by atoms with van der Waals surface area (Å²) in [5, 5.41) is 12.4. The smallest absolute Gasteiger partial charge is 0.303 e. The molecule has 7 heteroatoms. The van der Waals surface area contributed by atoms with E-state index in [4.69, 9.17) is 16.7 Å². The quantitative estimate of drug-likeness (QED) is 0.740. The highest BCUT2D eigenvalue weighted by molar-refractivity contribution is 6.30. The van der Waals surface area contributed by atoms with Gasteiger partial charge in [-0.05, 0) is 37.0 Å². The number of halogens is 1. The van der Waals surface area contributed by atoms with Crippen molar-refractivity contribution in [1.29, 1.82) is 0 Å². The molecule has 1 aromatic carbocycles. The van der Waals surface area contributed by atoms with Crippen LogP contribution in [0, 0.1) is 0 Å². The van der Waals surface area contributed by atoms with Crippen molar-refractivity contribution < 1.29 is 19.5 Å². The first-order valence-electron chi connectivity index (χ1n) is 8.31. The maximum absolute atomic E-state index is 12.4. The molecule has 1 saturated heterocycles. The highest BCUT2D eigenvalue weighted by Crippen LogP contribution is 2.30. The molecule has 0 unspecified atom stereocenters. The number of rotatable bonds is 8. The Balaban J connectivity index is 1.91. The first-order valence-corrected chi connectivity index (χ1v) is 8.69. The van der Waals surface area contributed by atoms with Crippen LogP contribution in [0.5, 0.6) is 0 Å². The zero-order valence-electron chi connectivity index (χ0n) is 14.3. The normalized spacial score (nSPS) is 19.5. The van der Waals surface area contributed by atoms with Gasteiger partial charge in [0.25, 0.3) is 0 Å². The second-order valence-electron chi connectivity index (χ2n) is 6.60. The van der Waals surface area contributed by atoms with Gasteiger partial charge >= 0.3 is 5.97 Å². The van der Waals surface area contributed by atoms with Crippen LogP contribution in [-0.2, 0) is 20.9 Å². The monoisotopic (exact) mass is 366 g/mol. The number of benzene rings is 1. The van der Waals surface area contributed by atoms with E-state index in [0.29, 0.717) is 37.3 Å². The largest absolute Gasteiger partial charge is 0.481 e. The number of carbonyl (C=O) groups excluding carboxylic acids is 2. The second kappa shape index (κ2) is 8.34. The lowest BCUT2D eigenvalue weighted by Gasteiger charge is -2.29. The Bertz CT molecular complexity index is 664. The summed E-state index contributed by atoms with van der Waals surface area (Å²) in [7, 11) is 1.72. The van der Waals surface area contributed by atoms with Gasteiger partial charge < -0.3 is 15.3 Å². The number of nitrogens with zero attached hydrogens (tertiary/aromatic N) is 1. The summed E-state index contributed by atoms with van der Waals surface area (Å²) in [5.74, 6) is -1.02. The van der Waals surface area contributed by atoms with E-state index >= 15 is 0 Å². The van der Waals surface area contributed by atoms with Gasteiger partial charge in [-0.1, -0.05) is 23.7 Å². The molecule has 6 nitrogen and oxygen atoms in total. The molecule has 1 aromatic rings. The minimum Gasteiger partial charge on any atom is -0.481 e. The Morgan fingerprint density at radius 1 is 1.32 bits per heavy atom. The predicted octanol–water partition coefficient (Wildman–Crippen LogP) is 2.59. The van der Waals surface area contributed by atoms with E-state index in [9.17, 15) is 14.4 Å². The van der Waals surface area contributed by atoms with Crippen molar-refractivity contribution >= 4 is 29.4 Å². The molecule has 1 heterocycles.